The highest BCUT2D eigenvalue weighted by Gasteiger charge is 2.29. The normalized spacial score (nSPS) is 16.4. The van der Waals surface area contributed by atoms with E-state index in [2.05, 4.69) is 46.9 Å². The van der Waals surface area contributed by atoms with Crippen LogP contribution >= 0.6 is 0 Å². The Labute approximate surface area is 549 Å². The molecule has 6 atom stereocenters. The number of pyridine rings is 3. The lowest BCUT2D eigenvalue weighted by molar-refractivity contribution is -0.120. The Bertz CT molecular complexity index is 3890. The lowest BCUT2D eigenvalue weighted by atomic mass is 9.95. The van der Waals surface area contributed by atoms with Gasteiger partial charge in [0.1, 0.15) is 34.9 Å². The van der Waals surface area contributed by atoms with E-state index in [1.54, 1.807) is 128 Å². The van der Waals surface area contributed by atoms with Gasteiger partial charge in [-0.3, -0.25) is 28.8 Å². The molecule has 6 amide bonds. The van der Waals surface area contributed by atoms with Crippen molar-refractivity contribution in [1.82, 2.24) is 46.9 Å². The molecule has 15 N–H and O–H groups in total. The molecule has 0 saturated carbocycles. The molecule has 3 aliphatic heterocycles. The number of benzene rings is 6. The Morgan fingerprint density at radius 3 is 0.896 bits per heavy atom. The Morgan fingerprint density at radius 1 is 0.417 bits per heavy atom. The van der Waals surface area contributed by atoms with Crippen LogP contribution in [0.25, 0.3) is 33.4 Å². The number of nitrogens with zero attached hydrogens (tertiary/aromatic N) is 3. The first-order valence-corrected chi connectivity index (χ1v) is 30.7. The highest BCUT2D eigenvalue weighted by molar-refractivity contribution is 5.97. The van der Waals surface area contributed by atoms with Gasteiger partial charge >= 0.3 is 0 Å². The van der Waals surface area contributed by atoms with Crippen molar-refractivity contribution in [2.45, 2.75) is 55.1 Å². The molecule has 3 aromatic heterocycles. The van der Waals surface area contributed by atoms with Crippen molar-refractivity contribution in [3.8, 4) is 33.4 Å². The van der Waals surface area contributed by atoms with Crippen LogP contribution in [0.4, 0.5) is 30.6 Å². The van der Waals surface area contributed by atoms with Crippen LogP contribution in [0.5, 0.6) is 0 Å². The van der Waals surface area contributed by atoms with E-state index in [1.165, 1.54) is 36.4 Å². The third kappa shape index (κ3) is 16.3. The van der Waals surface area contributed by atoms with Gasteiger partial charge in [-0.2, -0.15) is 0 Å². The average molecular weight is 1300 g/mol. The van der Waals surface area contributed by atoms with Gasteiger partial charge in [-0.15, -0.1) is 0 Å². The first-order chi connectivity index (χ1) is 46.4. The molecule has 3 aliphatic rings. The van der Waals surface area contributed by atoms with E-state index in [0.29, 0.717) is 72.3 Å². The van der Waals surface area contributed by atoms with Crippen LogP contribution < -0.4 is 49.1 Å². The molecule has 12 rings (SSSR count). The number of anilines is 3. The molecule has 3 fully saturated rings. The number of hydrogen-bond acceptors (Lipinski definition) is 15. The fourth-order valence-electron chi connectivity index (χ4n) is 11.4. The first kappa shape index (κ1) is 67.5. The van der Waals surface area contributed by atoms with Crippen LogP contribution in [0, 0.1) is 17.5 Å². The molecular weight excluding hydrogens is 1230 g/mol. The summed E-state index contributed by atoms with van der Waals surface area (Å²) in [6.45, 7) is 0.606. The minimum atomic E-state index is -0.715. The number of nitrogens with two attached hydrogens (primary N) is 3. The number of halogens is 3. The highest BCUT2D eigenvalue weighted by Crippen LogP contribution is 2.35. The molecule has 9 aromatic rings. The second-order valence-electron chi connectivity index (χ2n) is 23.2. The molecule has 492 valence electrons. The monoisotopic (exact) mass is 1300 g/mol. The number of hydrogen-bond donors (Lipinski definition) is 12. The smallest absolute Gasteiger partial charge is 0.254 e. The summed E-state index contributed by atoms with van der Waals surface area (Å²) in [5, 5.41) is 45.3. The predicted octanol–water partition coefficient (Wildman–Crippen LogP) is 7.61. The summed E-state index contributed by atoms with van der Waals surface area (Å²) < 4.78 is 44.7. The number of rotatable bonds is 18. The molecule has 0 bridgehead atoms. The van der Waals surface area contributed by atoms with Crippen LogP contribution in [0.1, 0.15) is 120 Å². The third-order valence-electron chi connectivity index (χ3n) is 16.8. The van der Waals surface area contributed by atoms with Gasteiger partial charge in [-0.05, 0) is 105 Å². The summed E-state index contributed by atoms with van der Waals surface area (Å²) in [5.41, 5.74) is 25.3. The van der Waals surface area contributed by atoms with E-state index in [0.717, 1.165) is 33.4 Å². The lowest BCUT2D eigenvalue weighted by Gasteiger charge is -2.17. The number of nitrogen functional groups attached to an aromatic ring is 3. The van der Waals surface area contributed by atoms with Gasteiger partial charge in [0.05, 0.1) is 54.6 Å². The number of amides is 6. The Hall–Kier alpha value is -11.3. The van der Waals surface area contributed by atoms with Crippen LogP contribution in [-0.2, 0) is 14.4 Å². The van der Waals surface area contributed by atoms with Crippen molar-refractivity contribution in [2.75, 3.05) is 56.7 Å². The zero-order valence-corrected chi connectivity index (χ0v) is 51.6. The molecule has 21 nitrogen and oxygen atoms in total. The van der Waals surface area contributed by atoms with Crippen molar-refractivity contribution in [3.63, 3.8) is 0 Å². The second-order valence-corrected chi connectivity index (χ2v) is 23.2. The quantitative estimate of drug-likeness (QED) is 0.0393. The molecule has 96 heavy (non-hydrogen) atoms. The summed E-state index contributed by atoms with van der Waals surface area (Å²) in [4.78, 5) is 85.1. The number of aliphatic hydroxyl groups is 3. The number of aromatic nitrogens is 3. The van der Waals surface area contributed by atoms with Crippen molar-refractivity contribution in [1.29, 1.82) is 0 Å². The third-order valence-corrected chi connectivity index (χ3v) is 16.8. The minimum absolute atomic E-state index is 0.0161. The summed E-state index contributed by atoms with van der Waals surface area (Å²) in [6.07, 6.45) is 5.98. The van der Waals surface area contributed by atoms with E-state index in [4.69, 9.17) is 17.2 Å². The van der Waals surface area contributed by atoms with Gasteiger partial charge in [-0.1, -0.05) is 109 Å². The average Bonchev–Trinajstić information content (AvgIpc) is 1.06. The summed E-state index contributed by atoms with van der Waals surface area (Å²) >= 11 is 0. The van der Waals surface area contributed by atoms with E-state index in [9.17, 15) is 57.3 Å². The van der Waals surface area contributed by atoms with E-state index < -0.39 is 53.3 Å². The van der Waals surface area contributed by atoms with Crippen LogP contribution in [-0.4, -0.2) is 105 Å². The zero-order valence-electron chi connectivity index (χ0n) is 51.6. The number of carbonyl (C=O) groups excluding carboxylic acids is 6. The fraction of sp³-hybridized carbons (Fsp3) is 0.208. The van der Waals surface area contributed by atoms with Gasteiger partial charge in [0, 0.05) is 91.9 Å². The number of carbonyl (C=O) groups is 6. The van der Waals surface area contributed by atoms with Crippen molar-refractivity contribution in [3.05, 3.63) is 250 Å². The fourth-order valence-corrected chi connectivity index (χ4v) is 11.4. The molecule has 3 saturated heterocycles. The number of aliphatic hydroxyl groups excluding tert-OH is 3. The van der Waals surface area contributed by atoms with E-state index in [-0.39, 0.29) is 89.4 Å². The van der Waals surface area contributed by atoms with Crippen molar-refractivity contribution >= 4 is 52.9 Å². The summed E-state index contributed by atoms with van der Waals surface area (Å²) in [7, 11) is 0. The Morgan fingerprint density at radius 2 is 0.677 bits per heavy atom. The number of nitrogens with one attached hydrogen (secondary N) is 6. The second kappa shape index (κ2) is 31.1. The molecular formula is C72H69F3N12O9. The van der Waals surface area contributed by atoms with Crippen molar-refractivity contribution in [2.24, 2.45) is 0 Å². The predicted molar refractivity (Wildman–Crippen MR) is 354 cm³/mol. The van der Waals surface area contributed by atoms with Gasteiger partial charge in [-0.25, -0.2) is 28.1 Å². The molecule has 6 aromatic carbocycles. The topological polar surface area (TPSA) is 352 Å². The molecule has 1 unspecified atom stereocenters. The molecule has 0 aliphatic carbocycles. The Balaban J connectivity index is 0.000000157. The van der Waals surface area contributed by atoms with Crippen molar-refractivity contribution < 1.29 is 57.3 Å². The van der Waals surface area contributed by atoms with Gasteiger partial charge in [0.25, 0.3) is 17.7 Å². The zero-order chi connectivity index (χ0) is 68.0. The molecule has 24 heteroatoms. The van der Waals surface area contributed by atoms with Gasteiger partial charge < -0.3 is 64.4 Å². The van der Waals surface area contributed by atoms with Gasteiger partial charge in [0.2, 0.25) is 17.7 Å². The first-order valence-electron chi connectivity index (χ1n) is 30.7. The summed E-state index contributed by atoms with van der Waals surface area (Å²) in [6, 6.07) is 43.0. The highest BCUT2D eigenvalue weighted by atomic mass is 19.1. The van der Waals surface area contributed by atoms with Crippen LogP contribution in [0.3, 0.4) is 0 Å². The lowest BCUT2D eigenvalue weighted by Crippen LogP contribution is -2.31. The summed E-state index contributed by atoms with van der Waals surface area (Å²) in [5.74, 6) is -3.47. The van der Waals surface area contributed by atoms with E-state index in [1.807, 2.05) is 18.2 Å². The Kier molecular flexibility index (Phi) is 21.9. The van der Waals surface area contributed by atoms with Gasteiger partial charge in [0.15, 0.2) is 0 Å². The molecule has 0 spiro atoms. The maximum atomic E-state index is 14.9. The minimum Gasteiger partial charge on any atom is -0.394 e. The molecule has 6 heterocycles. The standard InChI is InChI=1S/3C24H23FN4O3/c3*25-20-9-15(19-8-16(12-28-23(19)26)17-10-22(31)27-11-17)6-7-18(20)24(32)29-21(13-30)14-4-2-1-3-5-14/h3*1-9,12,17,21,30H,10-11,13H2,(H2,26,28)(H,27,31)(H,29,32)/t17?,21-;17-,21+;17-,21-/m101/s1. The maximum Gasteiger partial charge on any atom is 0.254 e. The van der Waals surface area contributed by atoms with Crippen LogP contribution in [0.2, 0.25) is 0 Å². The largest absolute Gasteiger partial charge is 0.394 e. The molecule has 0 radical (unpaired) electrons. The maximum absolute atomic E-state index is 14.9. The van der Waals surface area contributed by atoms with E-state index >= 15 is 0 Å². The van der Waals surface area contributed by atoms with Crippen LogP contribution in [0.15, 0.2) is 182 Å². The SMILES string of the molecule is Nc1ncc(C2CNC(=O)C2)cc1-c1ccc(C(=O)N[C@H](CO)c2ccccc2)c(F)c1.Nc1ncc([C@@H]2CNC(=O)C2)cc1-c1ccc(C(=O)N[C@H](CO)c2ccccc2)c(F)c1.Nc1ncc([C@H]2CNC(=O)C2)cc1-c1ccc(C(=O)N[C@H](CO)c2ccccc2)c(F)c1.